The normalized spacial score (nSPS) is 32.6. The van der Waals surface area contributed by atoms with Crippen LogP contribution in [0.4, 0.5) is 0 Å². The number of hydrogen-bond donors (Lipinski definition) is 1. The van der Waals surface area contributed by atoms with Gasteiger partial charge in [0, 0.05) is 6.04 Å². The van der Waals surface area contributed by atoms with Crippen molar-refractivity contribution in [1.82, 2.24) is 10.2 Å². The first-order valence-electron chi connectivity index (χ1n) is 8.75. The van der Waals surface area contributed by atoms with Crippen molar-refractivity contribution in [3.05, 3.63) is 0 Å². The Bertz CT molecular complexity index is 537. The minimum absolute atomic E-state index is 0.212. The number of esters is 1. The molecule has 24 heavy (non-hydrogen) atoms. The van der Waals surface area contributed by atoms with Gasteiger partial charge in [-0.2, -0.15) is 0 Å². The Balaban J connectivity index is 1.59. The van der Waals surface area contributed by atoms with Crippen LogP contribution in [0.3, 0.4) is 0 Å². The van der Waals surface area contributed by atoms with Crippen molar-refractivity contribution >= 4 is 23.7 Å². The number of carbonyl (C=O) groups is 4. The highest BCUT2D eigenvalue weighted by molar-refractivity contribution is 6.07. The van der Waals surface area contributed by atoms with E-state index >= 15 is 0 Å². The van der Waals surface area contributed by atoms with Crippen molar-refractivity contribution in [3.8, 4) is 0 Å². The Morgan fingerprint density at radius 1 is 1.04 bits per heavy atom. The van der Waals surface area contributed by atoms with Crippen LogP contribution in [-0.2, 0) is 23.9 Å². The van der Waals surface area contributed by atoms with Gasteiger partial charge in [0.25, 0.3) is 0 Å². The number of nitrogens with zero attached hydrogens (tertiary/aromatic N) is 1. The summed E-state index contributed by atoms with van der Waals surface area (Å²) in [4.78, 5) is 49.9. The fourth-order valence-electron chi connectivity index (χ4n) is 4.35. The molecule has 4 atom stereocenters. The van der Waals surface area contributed by atoms with Crippen molar-refractivity contribution in [1.29, 1.82) is 0 Å². The third-order valence-electron chi connectivity index (χ3n) is 5.60. The summed E-state index contributed by atoms with van der Waals surface area (Å²) in [6.07, 6.45) is 5.63. The Kier molecular flexibility index (Phi) is 4.87. The number of fused-ring (bicyclic) bond motifs is 1. The van der Waals surface area contributed by atoms with E-state index in [2.05, 4.69) is 5.32 Å². The van der Waals surface area contributed by atoms with Crippen molar-refractivity contribution in [2.24, 2.45) is 17.8 Å². The maximum absolute atomic E-state index is 12.4. The van der Waals surface area contributed by atoms with E-state index in [1.54, 1.807) is 0 Å². The molecule has 2 saturated carbocycles. The number of nitrogens with one attached hydrogen (secondary N) is 1. The number of rotatable bonds is 4. The molecule has 1 saturated heterocycles. The maximum atomic E-state index is 12.4. The van der Waals surface area contributed by atoms with Gasteiger partial charge in [0.2, 0.25) is 17.7 Å². The first-order chi connectivity index (χ1) is 11.5. The molecule has 3 fully saturated rings. The maximum Gasteiger partial charge on any atom is 0.310 e. The van der Waals surface area contributed by atoms with Gasteiger partial charge in [0.1, 0.15) is 6.54 Å². The number of ether oxygens (including phenoxy) is 1. The molecule has 7 heteroatoms. The van der Waals surface area contributed by atoms with E-state index < -0.39 is 0 Å². The third kappa shape index (κ3) is 3.03. The number of carbonyl (C=O) groups excluding carboxylic acids is 4. The molecule has 2 aliphatic carbocycles. The summed E-state index contributed by atoms with van der Waals surface area (Å²) in [5.41, 5.74) is 0. The molecule has 0 radical (unpaired) electrons. The van der Waals surface area contributed by atoms with Crippen LogP contribution in [0, 0.1) is 17.8 Å². The average molecular weight is 336 g/mol. The molecule has 0 aromatic carbocycles. The molecule has 3 aliphatic rings. The highest BCUT2D eigenvalue weighted by atomic mass is 16.5. The smallest absolute Gasteiger partial charge is 0.310 e. The van der Waals surface area contributed by atoms with Crippen LogP contribution >= 0.6 is 0 Å². The highest BCUT2D eigenvalue weighted by Gasteiger charge is 2.48. The number of hydrogen-bond acceptors (Lipinski definition) is 5. The molecule has 132 valence electrons. The van der Waals surface area contributed by atoms with Crippen LogP contribution in [0.2, 0.25) is 0 Å². The summed E-state index contributed by atoms with van der Waals surface area (Å²) in [6.45, 7) is -0.241. The van der Waals surface area contributed by atoms with Crippen molar-refractivity contribution in [3.63, 3.8) is 0 Å². The lowest BCUT2D eigenvalue weighted by Gasteiger charge is -2.21. The van der Waals surface area contributed by atoms with E-state index in [0.717, 1.165) is 37.0 Å². The van der Waals surface area contributed by atoms with Gasteiger partial charge in [-0.3, -0.25) is 24.1 Å². The summed E-state index contributed by atoms with van der Waals surface area (Å²) in [5, 5.41) is 2.81. The van der Waals surface area contributed by atoms with E-state index in [4.69, 9.17) is 4.74 Å². The predicted molar refractivity (Wildman–Crippen MR) is 83.5 cm³/mol. The molecule has 7 nitrogen and oxygen atoms in total. The van der Waals surface area contributed by atoms with E-state index in [-0.39, 0.29) is 54.0 Å². The largest absolute Gasteiger partial charge is 0.469 e. The average Bonchev–Trinajstić information content (AvgIpc) is 3.13. The molecule has 0 bridgehead atoms. The first kappa shape index (κ1) is 16.9. The molecule has 1 heterocycles. The molecule has 0 aromatic rings. The van der Waals surface area contributed by atoms with Gasteiger partial charge in [-0.15, -0.1) is 0 Å². The molecule has 0 spiro atoms. The minimum atomic E-state index is -0.379. The van der Waals surface area contributed by atoms with Crippen molar-refractivity contribution in [2.45, 2.75) is 51.0 Å². The van der Waals surface area contributed by atoms with Gasteiger partial charge in [-0.05, 0) is 25.7 Å². The molecule has 4 unspecified atom stereocenters. The van der Waals surface area contributed by atoms with Gasteiger partial charge in [0.15, 0.2) is 0 Å². The molecule has 0 aromatic heterocycles. The fraction of sp³-hybridized carbons (Fsp3) is 0.765. The van der Waals surface area contributed by atoms with E-state index in [0.29, 0.717) is 12.8 Å². The lowest BCUT2D eigenvalue weighted by atomic mass is 9.81. The highest BCUT2D eigenvalue weighted by Crippen LogP contribution is 2.37. The van der Waals surface area contributed by atoms with Gasteiger partial charge >= 0.3 is 5.97 Å². The molecular weight excluding hydrogens is 312 g/mol. The Labute approximate surface area is 141 Å². The SMILES string of the molecule is COC(=O)C1CCCC1NC(=O)CN1C(=O)C2CCCCC2C1=O. The van der Waals surface area contributed by atoms with Crippen LogP contribution in [0.5, 0.6) is 0 Å². The zero-order chi connectivity index (χ0) is 17.3. The summed E-state index contributed by atoms with van der Waals surface area (Å²) in [5.74, 6) is -1.95. The van der Waals surface area contributed by atoms with E-state index in [1.165, 1.54) is 7.11 Å². The van der Waals surface area contributed by atoms with Crippen molar-refractivity contribution < 1.29 is 23.9 Å². The second-order valence-electron chi connectivity index (χ2n) is 6.99. The lowest BCUT2D eigenvalue weighted by molar-refractivity contribution is -0.147. The summed E-state index contributed by atoms with van der Waals surface area (Å²) >= 11 is 0. The number of amides is 3. The molecule has 3 rings (SSSR count). The molecule has 1 N–H and O–H groups in total. The third-order valence-corrected chi connectivity index (χ3v) is 5.60. The molecule has 1 aliphatic heterocycles. The monoisotopic (exact) mass is 336 g/mol. The molecular formula is C17H24N2O5. The lowest BCUT2D eigenvalue weighted by Crippen LogP contribution is -2.46. The van der Waals surface area contributed by atoms with E-state index in [1.807, 2.05) is 0 Å². The second-order valence-corrected chi connectivity index (χ2v) is 6.99. The topological polar surface area (TPSA) is 92.8 Å². The molecule has 3 amide bonds. The first-order valence-corrected chi connectivity index (χ1v) is 8.75. The van der Waals surface area contributed by atoms with Crippen LogP contribution < -0.4 is 5.32 Å². The van der Waals surface area contributed by atoms with Crippen LogP contribution in [-0.4, -0.2) is 48.3 Å². The Morgan fingerprint density at radius 2 is 1.67 bits per heavy atom. The zero-order valence-electron chi connectivity index (χ0n) is 14.0. The summed E-state index contributed by atoms with van der Waals surface area (Å²) < 4.78 is 4.77. The van der Waals surface area contributed by atoms with Crippen LogP contribution in [0.25, 0.3) is 0 Å². The fourth-order valence-corrected chi connectivity index (χ4v) is 4.35. The Hall–Kier alpha value is -1.92. The van der Waals surface area contributed by atoms with Gasteiger partial charge in [0.05, 0.1) is 24.9 Å². The van der Waals surface area contributed by atoms with Crippen LogP contribution in [0.1, 0.15) is 44.9 Å². The van der Waals surface area contributed by atoms with Crippen molar-refractivity contribution in [2.75, 3.05) is 13.7 Å². The summed E-state index contributed by atoms with van der Waals surface area (Å²) in [7, 11) is 1.34. The quantitative estimate of drug-likeness (QED) is 0.600. The number of methoxy groups -OCH3 is 1. The zero-order valence-corrected chi connectivity index (χ0v) is 14.0. The van der Waals surface area contributed by atoms with Gasteiger partial charge in [-0.1, -0.05) is 19.3 Å². The summed E-state index contributed by atoms with van der Waals surface area (Å²) in [6, 6.07) is -0.278. The number of likely N-dealkylation sites (tertiary alicyclic amines) is 1. The second kappa shape index (κ2) is 6.91. The van der Waals surface area contributed by atoms with E-state index in [9.17, 15) is 19.2 Å². The van der Waals surface area contributed by atoms with Crippen LogP contribution in [0.15, 0.2) is 0 Å². The number of imide groups is 1. The standard InChI is InChI=1S/C17H24N2O5/c1-24-17(23)12-7-4-8-13(12)18-14(20)9-19-15(21)10-5-2-3-6-11(10)16(19)22/h10-13H,2-9H2,1H3,(H,18,20). The predicted octanol–water partition coefficient (Wildman–Crippen LogP) is 0.619. The Morgan fingerprint density at radius 3 is 2.25 bits per heavy atom. The van der Waals surface area contributed by atoms with Gasteiger partial charge in [-0.25, -0.2) is 0 Å². The minimum Gasteiger partial charge on any atom is -0.469 e. The van der Waals surface area contributed by atoms with Gasteiger partial charge < -0.3 is 10.1 Å².